The highest BCUT2D eigenvalue weighted by Crippen LogP contribution is 2.48. The van der Waals surface area contributed by atoms with Gasteiger partial charge in [0.1, 0.15) is 0 Å². The molecule has 1 aliphatic carbocycles. The Bertz CT molecular complexity index is 780. The number of H-pyrrole nitrogens is 1. The van der Waals surface area contributed by atoms with Crippen molar-refractivity contribution in [1.82, 2.24) is 4.98 Å². The number of nitrogens with zero attached hydrogens (tertiary/aromatic N) is 1. The van der Waals surface area contributed by atoms with Gasteiger partial charge < -0.3 is 4.98 Å². The number of benzene rings is 1. The van der Waals surface area contributed by atoms with Crippen LogP contribution < -0.4 is 4.90 Å². The number of amides is 2. The van der Waals surface area contributed by atoms with Crippen LogP contribution in [-0.4, -0.2) is 16.8 Å². The van der Waals surface area contributed by atoms with Crippen LogP contribution in [0.3, 0.4) is 0 Å². The second-order valence-corrected chi connectivity index (χ2v) is 7.22. The van der Waals surface area contributed by atoms with Crippen LogP contribution in [0.1, 0.15) is 49.8 Å². The predicted octanol–water partition coefficient (Wildman–Crippen LogP) is 4.04. The van der Waals surface area contributed by atoms with Crippen LogP contribution in [0, 0.1) is 11.8 Å². The van der Waals surface area contributed by atoms with Crippen LogP contribution in [0.4, 0.5) is 5.69 Å². The molecule has 1 N–H and O–H groups in total. The van der Waals surface area contributed by atoms with E-state index in [4.69, 9.17) is 0 Å². The number of unbranched alkanes of at least 4 members (excludes halogenated alkanes) is 2. The van der Waals surface area contributed by atoms with Gasteiger partial charge in [0.15, 0.2) is 0 Å². The summed E-state index contributed by atoms with van der Waals surface area (Å²) in [6.07, 6.45) is 7.24. The van der Waals surface area contributed by atoms with E-state index in [1.807, 2.05) is 42.6 Å². The molecule has 1 fully saturated rings. The summed E-state index contributed by atoms with van der Waals surface area (Å²) in [7, 11) is 0. The predicted molar refractivity (Wildman–Crippen MR) is 97.3 cm³/mol. The number of hydrogen-bond donors (Lipinski definition) is 1. The van der Waals surface area contributed by atoms with Crippen molar-refractivity contribution in [1.29, 1.82) is 0 Å². The van der Waals surface area contributed by atoms with Gasteiger partial charge in [-0.1, -0.05) is 44.4 Å². The Morgan fingerprint density at radius 3 is 2.64 bits per heavy atom. The van der Waals surface area contributed by atoms with E-state index in [0.29, 0.717) is 5.69 Å². The molecule has 0 bridgehead atoms. The summed E-state index contributed by atoms with van der Waals surface area (Å²) >= 11 is 0. The van der Waals surface area contributed by atoms with Gasteiger partial charge in [0.25, 0.3) is 0 Å². The van der Waals surface area contributed by atoms with Crippen LogP contribution in [0.15, 0.2) is 42.6 Å². The van der Waals surface area contributed by atoms with Gasteiger partial charge in [-0.15, -0.1) is 0 Å². The number of rotatable bonds is 5. The molecule has 1 saturated heterocycles. The second-order valence-electron chi connectivity index (χ2n) is 7.22. The molecule has 3 atom stereocenters. The lowest BCUT2D eigenvalue weighted by Crippen LogP contribution is -2.33. The number of carbonyl (C=O) groups is 2. The molecule has 1 aromatic carbocycles. The molecule has 4 rings (SSSR count). The third-order valence-electron chi connectivity index (χ3n) is 5.72. The summed E-state index contributed by atoms with van der Waals surface area (Å²) in [5, 5.41) is 0. The van der Waals surface area contributed by atoms with Gasteiger partial charge in [0.2, 0.25) is 11.8 Å². The van der Waals surface area contributed by atoms with E-state index in [1.54, 1.807) is 0 Å². The van der Waals surface area contributed by atoms with Crippen molar-refractivity contribution in [3.8, 4) is 0 Å². The molecule has 130 valence electrons. The molecule has 0 unspecified atom stereocenters. The van der Waals surface area contributed by atoms with Gasteiger partial charge >= 0.3 is 0 Å². The fourth-order valence-corrected chi connectivity index (χ4v) is 4.54. The lowest BCUT2D eigenvalue weighted by Gasteiger charge is -2.30. The van der Waals surface area contributed by atoms with E-state index in [1.165, 1.54) is 11.3 Å². The minimum Gasteiger partial charge on any atom is -0.365 e. The lowest BCUT2D eigenvalue weighted by molar-refractivity contribution is -0.123. The monoisotopic (exact) mass is 336 g/mol. The number of nitrogens with one attached hydrogen (secondary N) is 1. The van der Waals surface area contributed by atoms with Crippen LogP contribution in [0.2, 0.25) is 0 Å². The Balaban J connectivity index is 1.71. The Labute approximate surface area is 148 Å². The molecule has 1 aromatic heterocycles. The van der Waals surface area contributed by atoms with E-state index in [2.05, 4.69) is 11.9 Å². The zero-order valence-electron chi connectivity index (χ0n) is 14.6. The number of fused-ring (bicyclic) bond motifs is 3. The molecule has 0 saturated carbocycles. The van der Waals surface area contributed by atoms with Crippen LogP contribution in [0.5, 0.6) is 0 Å². The number of imide groups is 1. The van der Waals surface area contributed by atoms with Crippen molar-refractivity contribution >= 4 is 17.5 Å². The smallest absolute Gasteiger partial charge is 0.242 e. The molecule has 2 aliphatic rings. The molecule has 2 heterocycles. The molecular weight excluding hydrogens is 312 g/mol. The van der Waals surface area contributed by atoms with Crippen LogP contribution >= 0.6 is 0 Å². The molecule has 0 spiro atoms. The Hall–Kier alpha value is -2.36. The number of aromatic amines is 1. The summed E-state index contributed by atoms with van der Waals surface area (Å²) in [4.78, 5) is 31.1. The first-order valence-electron chi connectivity index (χ1n) is 9.31. The topological polar surface area (TPSA) is 53.2 Å². The highest BCUT2D eigenvalue weighted by Gasteiger charge is 2.54. The summed E-state index contributed by atoms with van der Waals surface area (Å²) in [5.74, 6) is -0.383. The molecule has 1 aliphatic heterocycles. The first-order valence-corrected chi connectivity index (χ1v) is 9.31. The van der Waals surface area contributed by atoms with Gasteiger partial charge in [-0.2, -0.15) is 0 Å². The Kier molecular flexibility index (Phi) is 4.20. The van der Waals surface area contributed by atoms with E-state index in [9.17, 15) is 9.59 Å². The van der Waals surface area contributed by atoms with Crippen LogP contribution in [-0.2, 0) is 16.0 Å². The Morgan fingerprint density at radius 1 is 1.08 bits per heavy atom. The number of aromatic nitrogens is 1. The summed E-state index contributed by atoms with van der Waals surface area (Å²) < 4.78 is 0. The molecule has 2 amide bonds. The maximum absolute atomic E-state index is 13.2. The Morgan fingerprint density at radius 2 is 1.88 bits per heavy atom. The number of hydrogen-bond acceptors (Lipinski definition) is 2. The third kappa shape index (κ3) is 2.60. The van der Waals surface area contributed by atoms with Gasteiger partial charge in [-0.05, 0) is 42.5 Å². The SMILES string of the molecule is CCCCC[C@@H]1Cc2[nH]ccc2[C@H]2C(=O)N(c3ccccc3)C(=O)[C@@H]12. The highest BCUT2D eigenvalue weighted by molar-refractivity contribution is 6.24. The van der Waals surface area contributed by atoms with Gasteiger partial charge in [0, 0.05) is 11.9 Å². The number of para-hydroxylation sites is 1. The minimum absolute atomic E-state index is 0.0189. The zero-order chi connectivity index (χ0) is 17.4. The minimum atomic E-state index is -0.325. The molecule has 0 radical (unpaired) electrons. The first kappa shape index (κ1) is 16.1. The summed E-state index contributed by atoms with van der Waals surface area (Å²) in [5.41, 5.74) is 2.85. The number of carbonyl (C=O) groups excluding carboxylic acids is 2. The molecule has 2 aromatic rings. The van der Waals surface area contributed by atoms with Crippen molar-refractivity contribution in [3.05, 3.63) is 53.9 Å². The normalized spacial score (nSPS) is 25.2. The van der Waals surface area contributed by atoms with Gasteiger partial charge in [-0.25, -0.2) is 4.90 Å². The van der Waals surface area contributed by atoms with E-state index < -0.39 is 0 Å². The fraction of sp³-hybridized carbons (Fsp3) is 0.429. The first-order chi connectivity index (χ1) is 12.2. The van der Waals surface area contributed by atoms with E-state index in [-0.39, 0.29) is 29.6 Å². The molecule has 25 heavy (non-hydrogen) atoms. The van der Waals surface area contributed by atoms with Gasteiger partial charge in [-0.3, -0.25) is 9.59 Å². The molecular formula is C21H24N2O2. The summed E-state index contributed by atoms with van der Waals surface area (Å²) in [6, 6.07) is 11.3. The van der Waals surface area contributed by atoms with Crippen molar-refractivity contribution < 1.29 is 9.59 Å². The third-order valence-corrected chi connectivity index (χ3v) is 5.72. The summed E-state index contributed by atoms with van der Waals surface area (Å²) in [6.45, 7) is 2.19. The standard InChI is InChI=1S/C21H24N2O2/c1-2-3-5-8-14-13-17-16(11-12-22-17)19-18(14)20(24)23(21(19)25)15-9-6-4-7-10-15/h4,6-7,9-12,14,18-19,22H,2-3,5,8,13H2,1H3/t14-,18+,19-/m1/s1. The highest BCUT2D eigenvalue weighted by atomic mass is 16.2. The average molecular weight is 336 g/mol. The van der Waals surface area contributed by atoms with E-state index in [0.717, 1.165) is 36.9 Å². The van der Waals surface area contributed by atoms with Crippen molar-refractivity contribution in [2.24, 2.45) is 11.8 Å². The maximum Gasteiger partial charge on any atom is 0.242 e. The maximum atomic E-state index is 13.2. The second kappa shape index (κ2) is 6.51. The number of anilines is 1. The fourth-order valence-electron chi connectivity index (χ4n) is 4.54. The average Bonchev–Trinajstić information content (AvgIpc) is 3.19. The van der Waals surface area contributed by atoms with Crippen molar-refractivity contribution in [3.63, 3.8) is 0 Å². The molecule has 4 nitrogen and oxygen atoms in total. The quantitative estimate of drug-likeness (QED) is 0.662. The largest absolute Gasteiger partial charge is 0.365 e. The van der Waals surface area contributed by atoms with E-state index >= 15 is 0 Å². The van der Waals surface area contributed by atoms with Crippen molar-refractivity contribution in [2.45, 2.75) is 44.9 Å². The molecule has 4 heteroatoms. The van der Waals surface area contributed by atoms with Gasteiger partial charge in [0.05, 0.1) is 17.5 Å². The lowest BCUT2D eigenvalue weighted by atomic mass is 9.70. The van der Waals surface area contributed by atoms with Crippen LogP contribution in [0.25, 0.3) is 0 Å². The van der Waals surface area contributed by atoms with Crippen molar-refractivity contribution in [2.75, 3.05) is 4.90 Å². The zero-order valence-corrected chi connectivity index (χ0v) is 14.6.